The van der Waals surface area contributed by atoms with Crippen LogP contribution < -0.4 is 5.73 Å². The maximum atomic E-state index is 5.96. The Bertz CT molecular complexity index is 616. The number of nitrogens with zero attached hydrogens (tertiary/aromatic N) is 3. The minimum Gasteiger partial charge on any atom is -0.398 e. The molecule has 1 aromatic heterocycles. The highest BCUT2D eigenvalue weighted by atomic mass is 35.5. The summed E-state index contributed by atoms with van der Waals surface area (Å²) in [6.45, 7) is 2.30. The van der Waals surface area contributed by atoms with Crippen molar-refractivity contribution in [3.05, 3.63) is 29.0 Å². The first-order valence-electron chi connectivity index (χ1n) is 6.32. The zero-order valence-electron chi connectivity index (χ0n) is 11.0. The molecule has 1 unspecified atom stereocenters. The van der Waals surface area contributed by atoms with Gasteiger partial charge in [0.2, 0.25) is 5.82 Å². The minimum absolute atomic E-state index is 0.174. The lowest BCUT2D eigenvalue weighted by Crippen LogP contribution is -2.35. The molecule has 1 aliphatic rings. The molecule has 2 aromatic rings. The number of morpholine rings is 1. The molecule has 20 heavy (non-hydrogen) atoms. The lowest BCUT2D eigenvalue weighted by Gasteiger charge is -2.27. The molecule has 1 atom stereocenters. The smallest absolute Gasteiger partial charge is 0.260 e. The summed E-state index contributed by atoms with van der Waals surface area (Å²) in [6.07, 6.45) is -0.174. The first kappa shape index (κ1) is 13.4. The van der Waals surface area contributed by atoms with E-state index in [4.69, 9.17) is 26.6 Å². The van der Waals surface area contributed by atoms with E-state index in [0.717, 1.165) is 13.1 Å². The topological polar surface area (TPSA) is 77.4 Å². The highest BCUT2D eigenvalue weighted by Gasteiger charge is 2.25. The lowest BCUT2D eigenvalue weighted by atomic mass is 10.2. The molecule has 0 bridgehead atoms. The minimum atomic E-state index is -0.174. The van der Waals surface area contributed by atoms with Crippen molar-refractivity contribution in [1.82, 2.24) is 15.0 Å². The van der Waals surface area contributed by atoms with Gasteiger partial charge >= 0.3 is 0 Å². The van der Waals surface area contributed by atoms with Crippen molar-refractivity contribution in [3.8, 4) is 11.5 Å². The summed E-state index contributed by atoms with van der Waals surface area (Å²) in [5, 5.41) is 4.56. The van der Waals surface area contributed by atoms with Crippen molar-refractivity contribution < 1.29 is 9.26 Å². The SMILES string of the molecule is CN1CCOC(c2noc(-c3cc(Cl)ccc3N)n2)C1. The number of aromatic nitrogens is 2. The second-order valence-corrected chi connectivity index (χ2v) is 5.25. The van der Waals surface area contributed by atoms with Gasteiger partial charge in [-0.3, -0.25) is 0 Å². The standard InChI is InChI=1S/C13H15ClN4O2/c1-18-4-5-19-11(7-18)12-16-13(20-17-12)9-6-8(14)2-3-10(9)15/h2-3,6,11H,4-5,7,15H2,1H3. The number of hydrogen-bond acceptors (Lipinski definition) is 6. The number of ether oxygens (including phenoxy) is 1. The third-order valence-corrected chi connectivity index (χ3v) is 3.48. The van der Waals surface area contributed by atoms with Crippen molar-refractivity contribution >= 4 is 17.3 Å². The van der Waals surface area contributed by atoms with Gasteiger partial charge < -0.3 is 19.9 Å². The molecule has 2 N–H and O–H groups in total. The van der Waals surface area contributed by atoms with Crippen LogP contribution in [0.25, 0.3) is 11.5 Å². The molecule has 0 spiro atoms. The molecule has 0 amide bonds. The zero-order valence-corrected chi connectivity index (χ0v) is 11.8. The number of nitrogen functional groups attached to an aromatic ring is 1. The molecule has 3 rings (SSSR count). The van der Waals surface area contributed by atoms with Crippen LogP contribution in [-0.2, 0) is 4.74 Å². The molecule has 1 aromatic carbocycles. The molecule has 7 heteroatoms. The van der Waals surface area contributed by atoms with E-state index in [9.17, 15) is 0 Å². The molecular weight excluding hydrogens is 280 g/mol. The van der Waals surface area contributed by atoms with Crippen LogP contribution in [0.15, 0.2) is 22.7 Å². The van der Waals surface area contributed by atoms with E-state index in [-0.39, 0.29) is 6.10 Å². The van der Waals surface area contributed by atoms with E-state index in [2.05, 4.69) is 15.0 Å². The van der Waals surface area contributed by atoms with Crippen LogP contribution in [0, 0.1) is 0 Å². The molecule has 2 heterocycles. The first-order chi connectivity index (χ1) is 9.63. The van der Waals surface area contributed by atoms with Crippen LogP contribution in [0.2, 0.25) is 5.02 Å². The number of likely N-dealkylation sites (N-methyl/N-ethyl adjacent to an activating group) is 1. The molecule has 0 radical (unpaired) electrons. The third kappa shape index (κ3) is 2.63. The van der Waals surface area contributed by atoms with Gasteiger partial charge in [-0.2, -0.15) is 4.98 Å². The third-order valence-electron chi connectivity index (χ3n) is 3.25. The summed E-state index contributed by atoms with van der Waals surface area (Å²) in [7, 11) is 2.03. The fourth-order valence-corrected chi connectivity index (χ4v) is 2.29. The summed E-state index contributed by atoms with van der Waals surface area (Å²) in [5.74, 6) is 0.891. The van der Waals surface area contributed by atoms with Gasteiger partial charge in [-0.15, -0.1) is 0 Å². The summed E-state index contributed by atoms with van der Waals surface area (Å²) in [4.78, 5) is 6.54. The maximum absolute atomic E-state index is 5.96. The average molecular weight is 295 g/mol. The highest BCUT2D eigenvalue weighted by Crippen LogP contribution is 2.29. The van der Waals surface area contributed by atoms with Crippen molar-refractivity contribution in [2.24, 2.45) is 0 Å². The number of halogens is 1. The number of hydrogen-bond donors (Lipinski definition) is 1. The summed E-state index contributed by atoms with van der Waals surface area (Å²) >= 11 is 5.96. The molecule has 6 nitrogen and oxygen atoms in total. The summed E-state index contributed by atoms with van der Waals surface area (Å²) in [5.41, 5.74) is 7.09. The second kappa shape index (κ2) is 5.40. The fraction of sp³-hybridized carbons (Fsp3) is 0.385. The van der Waals surface area contributed by atoms with Crippen LogP contribution in [-0.4, -0.2) is 41.8 Å². The Morgan fingerprint density at radius 2 is 2.30 bits per heavy atom. The normalized spacial score (nSPS) is 20.2. The van der Waals surface area contributed by atoms with Crippen LogP contribution in [0.1, 0.15) is 11.9 Å². The van der Waals surface area contributed by atoms with Crippen LogP contribution in [0.3, 0.4) is 0 Å². The van der Waals surface area contributed by atoms with Gasteiger partial charge in [0, 0.05) is 23.8 Å². The van der Waals surface area contributed by atoms with Gasteiger partial charge in [-0.05, 0) is 25.2 Å². The van der Waals surface area contributed by atoms with Crippen molar-refractivity contribution in [1.29, 1.82) is 0 Å². The molecular formula is C13H15ClN4O2. The van der Waals surface area contributed by atoms with E-state index >= 15 is 0 Å². The highest BCUT2D eigenvalue weighted by molar-refractivity contribution is 6.31. The van der Waals surface area contributed by atoms with Crippen molar-refractivity contribution in [3.63, 3.8) is 0 Å². The van der Waals surface area contributed by atoms with Crippen LogP contribution in [0.5, 0.6) is 0 Å². The maximum Gasteiger partial charge on any atom is 0.260 e. The Kier molecular flexibility index (Phi) is 3.60. The fourth-order valence-electron chi connectivity index (χ4n) is 2.12. The van der Waals surface area contributed by atoms with E-state index < -0.39 is 0 Å². The summed E-state index contributed by atoms with van der Waals surface area (Å²) in [6, 6.07) is 5.14. The molecule has 1 aliphatic heterocycles. The second-order valence-electron chi connectivity index (χ2n) is 4.81. The zero-order chi connectivity index (χ0) is 14.1. The molecule has 106 valence electrons. The number of benzene rings is 1. The summed E-state index contributed by atoms with van der Waals surface area (Å²) < 4.78 is 10.9. The Morgan fingerprint density at radius 1 is 1.45 bits per heavy atom. The average Bonchev–Trinajstić information content (AvgIpc) is 2.91. The van der Waals surface area contributed by atoms with Crippen molar-refractivity contribution in [2.45, 2.75) is 6.10 Å². The van der Waals surface area contributed by atoms with E-state index in [1.54, 1.807) is 18.2 Å². The van der Waals surface area contributed by atoms with E-state index in [1.165, 1.54) is 0 Å². The Hall–Kier alpha value is -1.63. The van der Waals surface area contributed by atoms with Gasteiger partial charge in [0.1, 0.15) is 6.10 Å². The van der Waals surface area contributed by atoms with Crippen LogP contribution >= 0.6 is 11.6 Å². The predicted molar refractivity (Wildman–Crippen MR) is 75.3 cm³/mol. The number of nitrogens with two attached hydrogens (primary N) is 1. The van der Waals surface area contributed by atoms with Gasteiger partial charge in [-0.1, -0.05) is 16.8 Å². The van der Waals surface area contributed by atoms with Gasteiger partial charge in [0.15, 0.2) is 0 Å². The predicted octanol–water partition coefficient (Wildman–Crippen LogP) is 1.98. The molecule has 0 aliphatic carbocycles. The first-order valence-corrected chi connectivity index (χ1v) is 6.70. The molecule has 0 saturated carbocycles. The van der Waals surface area contributed by atoms with Gasteiger partial charge in [0.05, 0.1) is 12.2 Å². The van der Waals surface area contributed by atoms with Crippen molar-refractivity contribution in [2.75, 3.05) is 32.5 Å². The Labute approximate surface area is 121 Å². The quantitative estimate of drug-likeness (QED) is 0.853. The molecule has 1 saturated heterocycles. The largest absolute Gasteiger partial charge is 0.398 e. The lowest BCUT2D eigenvalue weighted by molar-refractivity contribution is -0.0264. The number of rotatable bonds is 2. The van der Waals surface area contributed by atoms with Gasteiger partial charge in [-0.25, -0.2) is 0 Å². The van der Waals surface area contributed by atoms with Crippen LogP contribution in [0.4, 0.5) is 5.69 Å². The molecule has 1 fully saturated rings. The van der Waals surface area contributed by atoms with Gasteiger partial charge in [0.25, 0.3) is 5.89 Å². The Morgan fingerprint density at radius 3 is 3.10 bits per heavy atom. The van der Waals surface area contributed by atoms with E-state index in [0.29, 0.717) is 34.6 Å². The monoisotopic (exact) mass is 294 g/mol. The van der Waals surface area contributed by atoms with E-state index in [1.807, 2.05) is 7.05 Å². The Balaban J connectivity index is 1.88. The number of anilines is 1.